The Hall–Kier alpha value is -0.870. The minimum Gasteiger partial charge on any atom is -0.311 e. The fourth-order valence-corrected chi connectivity index (χ4v) is 3.17. The first-order valence-electron chi connectivity index (χ1n) is 8.49. The van der Waals surface area contributed by atoms with Crippen LogP contribution in [0.1, 0.15) is 58.2 Å². The third kappa shape index (κ3) is 4.55. The van der Waals surface area contributed by atoms with Crippen molar-refractivity contribution in [3.8, 4) is 0 Å². The van der Waals surface area contributed by atoms with E-state index in [-0.39, 0.29) is 0 Å². The van der Waals surface area contributed by atoms with E-state index in [0.717, 1.165) is 25.9 Å². The molecular weight excluding hydrogens is 260 g/mol. The molecule has 0 atom stereocenters. The van der Waals surface area contributed by atoms with E-state index in [1.807, 2.05) is 0 Å². The molecule has 4 nitrogen and oxygen atoms in total. The van der Waals surface area contributed by atoms with Gasteiger partial charge in [-0.25, -0.2) is 0 Å². The fourth-order valence-electron chi connectivity index (χ4n) is 3.17. The summed E-state index contributed by atoms with van der Waals surface area (Å²) in [6.07, 6.45) is 7.01. The highest BCUT2D eigenvalue weighted by atomic mass is 15.3. The Kier molecular flexibility index (Phi) is 5.82. The van der Waals surface area contributed by atoms with E-state index >= 15 is 0 Å². The Morgan fingerprint density at radius 2 is 1.95 bits per heavy atom. The second-order valence-corrected chi connectivity index (χ2v) is 6.97. The molecule has 1 N–H and O–H groups in total. The maximum absolute atomic E-state index is 4.72. The molecule has 0 spiro atoms. The van der Waals surface area contributed by atoms with Crippen LogP contribution in [0.2, 0.25) is 0 Å². The first kappa shape index (κ1) is 16.5. The Balaban J connectivity index is 1.78. The standard InChI is InChI=1S/C17H32N4/c1-5-16(6-2)21-10-7-15(19-21)13-18-14-17(3)8-11-20(4)12-9-17/h7,10,16,18H,5-6,8-9,11-14H2,1-4H3. The van der Waals surface area contributed by atoms with Gasteiger partial charge < -0.3 is 10.2 Å². The molecule has 1 aliphatic rings. The minimum atomic E-state index is 0.449. The van der Waals surface area contributed by atoms with Crippen LogP contribution in [0, 0.1) is 5.41 Å². The molecule has 0 aromatic carbocycles. The predicted octanol–water partition coefficient (Wildman–Crippen LogP) is 3.07. The number of nitrogens with zero attached hydrogens (tertiary/aromatic N) is 3. The second-order valence-electron chi connectivity index (χ2n) is 6.97. The maximum Gasteiger partial charge on any atom is 0.0762 e. The van der Waals surface area contributed by atoms with Gasteiger partial charge in [-0.3, -0.25) is 4.68 Å². The van der Waals surface area contributed by atoms with Crippen LogP contribution in [0.4, 0.5) is 0 Å². The van der Waals surface area contributed by atoms with Gasteiger partial charge in [0, 0.05) is 19.3 Å². The van der Waals surface area contributed by atoms with Crippen molar-refractivity contribution in [1.29, 1.82) is 0 Å². The molecule has 0 bridgehead atoms. The molecule has 1 aromatic rings. The summed E-state index contributed by atoms with van der Waals surface area (Å²) < 4.78 is 2.13. The second kappa shape index (κ2) is 7.41. The smallest absolute Gasteiger partial charge is 0.0762 e. The molecule has 0 radical (unpaired) electrons. The summed E-state index contributed by atoms with van der Waals surface area (Å²) in [5, 5.41) is 8.34. The molecule has 0 saturated carbocycles. The van der Waals surface area contributed by atoms with Crippen molar-refractivity contribution in [3.05, 3.63) is 18.0 Å². The lowest BCUT2D eigenvalue weighted by Crippen LogP contribution is -2.41. The lowest BCUT2D eigenvalue weighted by molar-refractivity contribution is 0.136. The molecule has 2 rings (SSSR count). The van der Waals surface area contributed by atoms with E-state index in [9.17, 15) is 0 Å². The average molecular weight is 292 g/mol. The molecule has 1 aromatic heterocycles. The van der Waals surface area contributed by atoms with Gasteiger partial charge in [-0.05, 0) is 57.3 Å². The molecule has 0 amide bonds. The van der Waals surface area contributed by atoms with Gasteiger partial charge >= 0.3 is 0 Å². The lowest BCUT2D eigenvalue weighted by Gasteiger charge is -2.38. The molecule has 120 valence electrons. The van der Waals surface area contributed by atoms with Gasteiger partial charge in [-0.2, -0.15) is 5.10 Å². The van der Waals surface area contributed by atoms with Gasteiger partial charge in [-0.1, -0.05) is 20.8 Å². The summed E-state index contributed by atoms with van der Waals surface area (Å²) in [6, 6.07) is 2.70. The number of likely N-dealkylation sites (tertiary alicyclic amines) is 1. The van der Waals surface area contributed by atoms with Crippen molar-refractivity contribution in [1.82, 2.24) is 20.0 Å². The van der Waals surface area contributed by atoms with E-state index in [2.05, 4.69) is 55.0 Å². The molecule has 2 heterocycles. The highest BCUT2D eigenvalue weighted by Gasteiger charge is 2.28. The van der Waals surface area contributed by atoms with Crippen molar-refractivity contribution >= 4 is 0 Å². The van der Waals surface area contributed by atoms with E-state index in [0.29, 0.717) is 11.5 Å². The first-order chi connectivity index (χ1) is 10.1. The highest BCUT2D eigenvalue weighted by Crippen LogP contribution is 2.29. The summed E-state index contributed by atoms with van der Waals surface area (Å²) in [7, 11) is 2.22. The molecular formula is C17H32N4. The van der Waals surface area contributed by atoms with Crippen LogP contribution >= 0.6 is 0 Å². The Labute approximate surface area is 129 Å². The van der Waals surface area contributed by atoms with E-state index in [1.165, 1.54) is 31.6 Å². The summed E-state index contributed by atoms with van der Waals surface area (Å²) >= 11 is 0. The number of aromatic nitrogens is 2. The predicted molar refractivity (Wildman–Crippen MR) is 88.4 cm³/mol. The minimum absolute atomic E-state index is 0.449. The Morgan fingerprint density at radius 1 is 1.29 bits per heavy atom. The monoisotopic (exact) mass is 292 g/mol. The van der Waals surface area contributed by atoms with Crippen LogP contribution in [0.3, 0.4) is 0 Å². The highest BCUT2D eigenvalue weighted by molar-refractivity contribution is 4.99. The van der Waals surface area contributed by atoms with Crippen LogP contribution in [-0.4, -0.2) is 41.4 Å². The zero-order chi connectivity index (χ0) is 15.3. The molecule has 1 aliphatic heterocycles. The molecule has 21 heavy (non-hydrogen) atoms. The van der Waals surface area contributed by atoms with Crippen LogP contribution in [0.5, 0.6) is 0 Å². The van der Waals surface area contributed by atoms with Crippen LogP contribution in [-0.2, 0) is 6.54 Å². The molecule has 0 unspecified atom stereocenters. The Morgan fingerprint density at radius 3 is 2.57 bits per heavy atom. The normalized spacial score (nSPS) is 19.3. The molecule has 4 heteroatoms. The average Bonchev–Trinajstić information content (AvgIpc) is 2.93. The quantitative estimate of drug-likeness (QED) is 0.838. The van der Waals surface area contributed by atoms with Crippen molar-refractivity contribution in [2.45, 2.75) is 59.0 Å². The fraction of sp³-hybridized carbons (Fsp3) is 0.824. The topological polar surface area (TPSA) is 33.1 Å². The van der Waals surface area contributed by atoms with Gasteiger partial charge in [0.25, 0.3) is 0 Å². The van der Waals surface area contributed by atoms with Gasteiger partial charge in [0.2, 0.25) is 0 Å². The van der Waals surface area contributed by atoms with Crippen LogP contribution in [0.25, 0.3) is 0 Å². The van der Waals surface area contributed by atoms with Gasteiger partial charge in [0.1, 0.15) is 0 Å². The van der Waals surface area contributed by atoms with Gasteiger partial charge in [0.15, 0.2) is 0 Å². The molecule has 0 aliphatic carbocycles. The van der Waals surface area contributed by atoms with E-state index in [1.54, 1.807) is 0 Å². The molecule has 1 saturated heterocycles. The number of hydrogen-bond donors (Lipinski definition) is 1. The summed E-state index contributed by atoms with van der Waals surface area (Å²) in [6.45, 7) is 11.3. The third-order valence-electron chi connectivity index (χ3n) is 5.03. The summed E-state index contributed by atoms with van der Waals surface area (Å²) in [5.41, 5.74) is 1.61. The van der Waals surface area contributed by atoms with Gasteiger partial charge in [-0.15, -0.1) is 0 Å². The summed E-state index contributed by atoms with van der Waals surface area (Å²) in [4.78, 5) is 2.43. The zero-order valence-corrected chi connectivity index (χ0v) is 14.2. The summed E-state index contributed by atoms with van der Waals surface area (Å²) in [5.74, 6) is 0. The number of hydrogen-bond acceptors (Lipinski definition) is 3. The maximum atomic E-state index is 4.72. The van der Waals surface area contributed by atoms with Crippen LogP contribution in [0.15, 0.2) is 12.3 Å². The number of rotatable bonds is 7. The van der Waals surface area contributed by atoms with Crippen molar-refractivity contribution in [3.63, 3.8) is 0 Å². The Bertz CT molecular complexity index is 414. The zero-order valence-electron chi connectivity index (χ0n) is 14.2. The SMILES string of the molecule is CCC(CC)n1ccc(CNCC2(C)CCN(C)CC2)n1. The van der Waals surface area contributed by atoms with E-state index in [4.69, 9.17) is 5.10 Å². The molecule has 1 fully saturated rings. The van der Waals surface area contributed by atoms with Gasteiger partial charge in [0.05, 0.1) is 11.7 Å². The van der Waals surface area contributed by atoms with Crippen molar-refractivity contribution < 1.29 is 0 Å². The van der Waals surface area contributed by atoms with Crippen molar-refractivity contribution in [2.75, 3.05) is 26.7 Å². The van der Waals surface area contributed by atoms with Crippen LogP contribution < -0.4 is 5.32 Å². The lowest BCUT2D eigenvalue weighted by atomic mass is 9.80. The van der Waals surface area contributed by atoms with E-state index < -0.39 is 0 Å². The largest absolute Gasteiger partial charge is 0.311 e. The number of nitrogens with one attached hydrogen (secondary N) is 1. The third-order valence-corrected chi connectivity index (χ3v) is 5.03. The number of piperidine rings is 1. The van der Waals surface area contributed by atoms with Crippen molar-refractivity contribution in [2.24, 2.45) is 5.41 Å². The first-order valence-corrected chi connectivity index (χ1v) is 8.49.